The Bertz CT molecular complexity index is 493. The second-order valence-corrected chi connectivity index (χ2v) is 5.78. The van der Waals surface area contributed by atoms with E-state index in [0.717, 1.165) is 19.5 Å². The van der Waals surface area contributed by atoms with E-state index in [9.17, 15) is 4.79 Å². The normalized spacial score (nSPS) is 19.6. The third-order valence-electron chi connectivity index (χ3n) is 3.34. The van der Waals surface area contributed by atoms with E-state index in [2.05, 4.69) is 17.3 Å². The largest absolute Gasteiger partial charge is 0.399 e. The first-order chi connectivity index (χ1) is 8.97. The highest BCUT2D eigenvalue weighted by molar-refractivity contribution is 6.44. The average Bonchev–Trinajstić information content (AvgIpc) is 2.76. The predicted octanol–water partition coefficient (Wildman–Crippen LogP) is 2.26. The molecule has 104 valence electrons. The molecule has 4 nitrogen and oxygen atoms in total. The Morgan fingerprint density at radius 1 is 1.53 bits per heavy atom. The van der Waals surface area contributed by atoms with E-state index in [-0.39, 0.29) is 10.9 Å². The molecule has 0 radical (unpaired) electrons. The zero-order valence-electron chi connectivity index (χ0n) is 10.7. The van der Waals surface area contributed by atoms with Gasteiger partial charge in [0.2, 0.25) is 0 Å². The van der Waals surface area contributed by atoms with E-state index in [1.807, 2.05) is 0 Å². The van der Waals surface area contributed by atoms with Crippen LogP contribution in [0.4, 0.5) is 5.69 Å². The number of nitrogens with zero attached hydrogens (tertiary/aromatic N) is 1. The van der Waals surface area contributed by atoms with Gasteiger partial charge in [-0.1, -0.05) is 23.2 Å². The number of carbonyl (C=O) groups excluding carboxylic acids is 1. The number of benzene rings is 1. The number of hydrogen-bond acceptors (Lipinski definition) is 3. The fourth-order valence-electron chi connectivity index (χ4n) is 2.30. The van der Waals surface area contributed by atoms with Gasteiger partial charge < -0.3 is 16.0 Å². The van der Waals surface area contributed by atoms with E-state index in [0.29, 0.717) is 28.7 Å². The minimum absolute atomic E-state index is 0.228. The van der Waals surface area contributed by atoms with Gasteiger partial charge in [0.1, 0.15) is 0 Å². The number of nitrogen functional groups attached to an aromatic ring is 1. The lowest BCUT2D eigenvalue weighted by molar-refractivity contribution is 0.0947. The zero-order chi connectivity index (χ0) is 14.0. The van der Waals surface area contributed by atoms with Crippen molar-refractivity contribution in [2.24, 2.45) is 5.92 Å². The molecule has 0 saturated carbocycles. The second-order valence-electron chi connectivity index (χ2n) is 4.99. The molecule has 2 rings (SSSR count). The van der Waals surface area contributed by atoms with Crippen LogP contribution in [0.1, 0.15) is 16.8 Å². The molecule has 1 amide bonds. The van der Waals surface area contributed by atoms with Crippen LogP contribution in [0.2, 0.25) is 10.0 Å². The van der Waals surface area contributed by atoms with Crippen molar-refractivity contribution in [3.8, 4) is 0 Å². The topological polar surface area (TPSA) is 58.4 Å². The molecular formula is C13H17Cl2N3O. The van der Waals surface area contributed by atoms with E-state index in [1.54, 1.807) is 6.07 Å². The van der Waals surface area contributed by atoms with Crippen LogP contribution in [0.25, 0.3) is 0 Å². The van der Waals surface area contributed by atoms with Gasteiger partial charge in [-0.25, -0.2) is 0 Å². The van der Waals surface area contributed by atoms with Crippen LogP contribution in [0.3, 0.4) is 0 Å². The van der Waals surface area contributed by atoms with Gasteiger partial charge in [0.15, 0.2) is 0 Å². The summed E-state index contributed by atoms with van der Waals surface area (Å²) in [6.45, 7) is 2.73. The highest BCUT2D eigenvalue weighted by Gasteiger charge is 2.21. The van der Waals surface area contributed by atoms with Crippen LogP contribution >= 0.6 is 23.2 Å². The number of nitrogens with two attached hydrogens (primary N) is 1. The Morgan fingerprint density at radius 2 is 2.26 bits per heavy atom. The number of nitrogens with one attached hydrogen (secondary N) is 1. The number of hydrogen-bond donors (Lipinski definition) is 2. The summed E-state index contributed by atoms with van der Waals surface area (Å²) in [5.74, 6) is 0.262. The summed E-state index contributed by atoms with van der Waals surface area (Å²) < 4.78 is 0. The molecule has 1 aliphatic rings. The third-order valence-corrected chi connectivity index (χ3v) is 4.14. The van der Waals surface area contributed by atoms with Gasteiger partial charge in [-0.3, -0.25) is 4.79 Å². The first-order valence-electron chi connectivity index (χ1n) is 6.18. The number of carbonyl (C=O) groups is 1. The molecule has 0 aromatic heterocycles. The SMILES string of the molecule is CN1CCC(CNC(=O)c2cc(N)cc(Cl)c2Cl)C1. The Balaban J connectivity index is 2.00. The maximum Gasteiger partial charge on any atom is 0.252 e. The molecule has 19 heavy (non-hydrogen) atoms. The van der Waals surface area contributed by atoms with Gasteiger partial charge in [-0.05, 0) is 38.1 Å². The van der Waals surface area contributed by atoms with Gasteiger partial charge in [0.25, 0.3) is 5.91 Å². The van der Waals surface area contributed by atoms with Crippen molar-refractivity contribution in [1.82, 2.24) is 10.2 Å². The van der Waals surface area contributed by atoms with Gasteiger partial charge in [-0.15, -0.1) is 0 Å². The number of likely N-dealkylation sites (tertiary alicyclic amines) is 1. The molecule has 3 N–H and O–H groups in total. The quantitative estimate of drug-likeness (QED) is 0.842. The molecule has 0 aliphatic carbocycles. The summed E-state index contributed by atoms with van der Waals surface area (Å²) in [7, 11) is 2.08. The molecule has 1 unspecified atom stereocenters. The lowest BCUT2D eigenvalue weighted by atomic mass is 10.1. The van der Waals surface area contributed by atoms with E-state index in [4.69, 9.17) is 28.9 Å². The molecule has 1 atom stereocenters. The third kappa shape index (κ3) is 3.53. The van der Waals surface area contributed by atoms with Crippen molar-refractivity contribution in [1.29, 1.82) is 0 Å². The zero-order valence-corrected chi connectivity index (χ0v) is 12.3. The van der Waals surface area contributed by atoms with Gasteiger partial charge in [0, 0.05) is 18.8 Å². The van der Waals surface area contributed by atoms with Gasteiger partial charge >= 0.3 is 0 Å². The van der Waals surface area contributed by atoms with E-state index < -0.39 is 0 Å². The highest BCUT2D eigenvalue weighted by atomic mass is 35.5. The first-order valence-corrected chi connectivity index (χ1v) is 6.94. The van der Waals surface area contributed by atoms with Crippen molar-refractivity contribution < 1.29 is 4.79 Å². The monoisotopic (exact) mass is 301 g/mol. The molecule has 1 heterocycles. The summed E-state index contributed by atoms with van der Waals surface area (Å²) in [6, 6.07) is 3.08. The maximum absolute atomic E-state index is 12.1. The lowest BCUT2D eigenvalue weighted by Gasteiger charge is -2.13. The Kier molecular flexibility index (Phi) is 4.55. The van der Waals surface area contributed by atoms with Crippen LogP contribution < -0.4 is 11.1 Å². The lowest BCUT2D eigenvalue weighted by Crippen LogP contribution is -2.30. The fourth-order valence-corrected chi connectivity index (χ4v) is 2.72. The first kappa shape index (κ1) is 14.4. The molecule has 0 bridgehead atoms. The predicted molar refractivity (Wildman–Crippen MR) is 78.8 cm³/mol. The molecular weight excluding hydrogens is 285 g/mol. The number of rotatable bonds is 3. The fraction of sp³-hybridized carbons (Fsp3) is 0.462. The van der Waals surface area contributed by atoms with E-state index >= 15 is 0 Å². The van der Waals surface area contributed by atoms with Crippen LogP contribution in [0.15, 0.2) is 12.1 Å². The molecule has 0 spiro atoms. The van der Waals surface area contributed by atoms with Crippen molar-refractivity contribution in [3.63, 3.8) is 0 Å². The summed E-state index contributed by atoms with van der Waals surface area (Å²) in [5.41, 5.74) is 6.44. The maximum atomic E-state index is 12.1. The smallest absolute Gasteiger partial charge is 0.252 e. The van der Waals surface area contributed by atoms with E-state index in [1.165, 1.54) is 6.07 Å². The summed E-state index contributed by atoms with van der Waals surface area (Å²) in [5, 5.41) is 3.44. The number of amides is 1. The summed E-state index contributed by atoms with van der Waals surface area (Å²) in [6.07, 6.45) is 1.10. The van der Waals surface area contributed by atoms with Gasteiger partial charge in [0.05, 0.1) is 15.6 Å². The minimum Gasteiger partial charge on any atom is -0.399 e. The van der Waals surface area contributed by atoms with Crippen molar-refractivity contribution in [2.75, 3.05) is 32.4 Å². The van der Waals surface area contributed by atoms with Crippen LogP contribution in [0, 0.1) is 5.92 Å². The molecule has 1 saturated heterocycles. The van der Waals surface area contributed by atoms with Crippen molar-refractivity contribution in [2.45, 2.75) is 6.42 Å². The van der Waals surface area contributed by atoms with Gasteiger partial charge in [-0.2, -0.15) is 0 Å². The summed E-state index contributed by atoms with van der Waals surface area (Å²) >= 11 is 11.9. The Morgan fingerprint density at radius 3 is 2.89 bits per heavy atom. The molecule has 1 fully saturated rings. The van der Waals surface area contributed by atoms with Crippen LogP contribution in [-0.2, 0) is 0 Å². The highest BCUT2D eigenvalue weighted by Crippen LogP contribution is 2.28. The Labute approximate surface area is 122 Å². The molecule has 1 aromatic rings. The summed E-state index contributed by atoms with van der Waals surface area (Å²) in [4.78, 5) is 14.3. The Hall–Kier alpha value is -0.970. The molecule has 6 heteroatoms. The molecule has 1 aromatic carbocycles. The molecule has 1 aliphatic heterocycles. The van der Waals surface area contributed by atoms with Crippen LogP contribution in [0.5, 0.6) is 0 Å². The second kappa shape index (κ2) is 5.99. The standard InChI is InChI=1S/C13H17Cl2N3O/c1-18-3-2-8(7-18)6-17-13(19)10-4-9(16)5-11(14)12(10)15/h4-5,8H,2-3,6-7,16H2,1H3,(H,17,19). The van der Waals surface area contributed by atoms with Crippen molar-refractivity contribution >= 4 is 34.8 Å². The van der Waals surface area contributed by atoms with Crippen molar-refractivity contribution in [3.05, 3.63) is 27.7 Å². The van der Waals surface area contributed by atoms with Crippen LogP contribution in [-0.4, -0.2) is 37.5 Å². The minimum atomic E-state index is -0.228. The average molecular weight is 302 g/mol. The number of anilines is 1. The number of halogens is 2.